The minimum atomic E-state index is -1.48. The molecule has 0 bridgehead atoms. The number of carboxylic acid groups (broad SMARTS) is 3. The fourth-order valence-corrected chi connectivity index (χ4v) is 2.43. The standard InChI is InChI=1S/C18H23FN4O8/c19-13-6-4-10(9-21-13)15(26)20-8-2-1-3-11(16(27)28)22-18(31)23-12(17(29)30)5-7-14(24)25/h4,6,9,11-12H,1-3,5,7-8H2,(H,20,26)(H,24,25)(H,27,28)(H,29,30)(H2,22,23,31)/t11-,12-/m1/s1/i19-1. The number of pyridine rings is 1. The van der Waals surface area contributed by atoms with E-state index < -0.39 is 54.3 Å². The van der Waals surface area contributed by atoms with Crippen LogP contribution in [0.2, 0.25) is 0 Å². The Hall–Kier alpha value is -3.77. The summed E-state index contributed by atoms with van der Waals surface area (Å²) < 4.78 is 12.7. The third-order valence-corrected chi connectivity index (χ3v) is 4.05. The van der Waals surface area contributed by atoms with E-state index in [0.717, 1.165) is 12.3 Å². The van der Waals surface area contributed by atoms with E-state index >= 15 is 0 Å². The first-order chi connectivity index (χ1) is 14.6. The molecule has 0 aromatic carbocycles. The molecule has 0 aliphatic heterocycles. The lowest BCUT2D eigenvalue weighted by Crippen LogP contribution is -2.51. The molecule has 6 N–H and O–H groups in total. The van der Waals surface area contributed by atoms with Crippen molar-refractivity contribution in [2.45, 2.75) is 44.2 Å². The van der Waals surface area contributed by atoms with Gasteiger partial charge >= 0.3 is 23.9 Å². The van der Waals surface area contributed by atoms with Crippen molar-refractivity contribution >= 4 is 29.8 Å². The van der Waals surface area contributed by atoms with E-state index in [-0.39, 0.29) is 24.9 Å². The minimum absolute atomic E-state index is 0.00356. The molecule has 0 fully saturated rings. The molecular weight excluding hydrogens is 418 g/mol. The van der Waals surface area contributed by atoms with Gasteiger partial charge in [0.2, 0.25) is 5.95 Å². The van der Waals surface area contributed by atoms with Crippen LogP contribution in [0.5, 0.6) is 0 Å². The lowest BCUT2D eigenvalue weighted by Gasteiger charge is -2.18. The zero-order valence-corrected chi connectivity index (χ0v) is 16.3. The summed E-state index contributed by atoms with van der Waals surface area (Å²) in [5.74, 6) is -5.21. The number of aliphatic carboxylic acids is 3. The van der Waals surface area contributed by atoms with Crippen molar-refractivity contribution in [1.29, 1.82) is 0 Å². The maximum absolute atomic E-state index is 12.7. The summed E-state index contributed by atoms with van der Waals surface area (Å²) in [5.41, 5.74) is 0.166. The smallest absolute Gasteiger partial charge is 0.326 e. The number of rotatable bonds is 13. The highest BCUT2D eigenvalue weighted by molar-refractivity contribution is 5.93. The van der Waals surface area contributed by atoms with Gasteiger partial charge in [-0.25, -0.2) is 19.4 Å². The van der Waals surface area contributed by atoms with E-state index in [1.54, 1.807) is 0 Å². The van der Waals surface area contributed by atoms with E-state index in [0.29, 0.717) is 12.8 Å². The van der Waals surface area contributed by atoms with Crippen LogP contribution in [0.3, 0.4) is 0 Å². The third kappa shape index (κ3) is 10.0. The Morgan fingerprint density at radius 1 is 0.935 bits per heavy atom. The van der Waals surface area contributed by atoms with Gasteiger partial charge in [-0.15, -0.1) is 0 Å². The van der Waals surface area contributed by atoms with Crippen molar-refractivity contribution in [3.05, 3.63) is 29.8 Å². The number of carbonyl (C=O) groups is 5. The number of aromatic nitrogens is 1. The molecular formula is C18H23FN4O8. The van der Waals surface area contributed by atoms with Crippen LogP contribution in [-0.2, 0) is 14.4 Å². The van der Waals surface area contributed by atoms with Gasteiger partial charge in [0, 0.05) is 19.2 Å². The molecule has 0 saturated carbocycles. The summed E-state index contributed by atoms with van der Waals surface area (Å²) in [4.78, 5) is 60.0. The first kappa shape index (κ1) is 25.3. The number of nitrogens with zero attached hydrogens (tertiary/aromatic N) is 1. The van der Waals surface area contributed by atoms with Gasteiger partial charge in [-0.05, 0) is 37.8 Å². The predicted molar refractivity (Wildman–Crippen MR) is 102 cm³/mol. The third-order valence-electron chi connectivity index (χ3n) is 4.05. The number of halogens is 1. The number of hydrogen-bond acceptors (Lipinski definition) is 6. The fourth-order valence-electron chi connectivity index (χ4n) is 2.43. The largest absolute Gasteiger partial charge is 0.481 e. The van der Waals surface area contributed by atoms with Crippen molar-refractivity contribution in [3.8, 4) is 0 Å². The Balaban J connectivity index is 2.41. The number of hydrogen-bond donors (Lipinski definition) is 6. The SMILES string of the molecule is O=C(O)CC[C@@H](NC(=O)N[C@H](CCCCNC(=O)c1ccc([18F])nc1)C(=O)O)C(=O)O. The van der Waals surface area contributed by atoms with Crippen LogP contribution in [0.1, 0.15) is 42.5 Å². The van der Waals surface area contributed by atoms with E-state index in [1.807, 2.05) is 5.32 Å². The maximum Gasteiger partial charge on any atom is 0.326 e. The molecule has 1 aromatic rings. The maximum atomic E-state index is 12.7. The van der Waals surface area contributed by atoms with E-state index in [4.69, 9.17) is 10.2 Å². The average Bonchev–Trinajstić information content (AvgIpc) is 2.69. The molecule has 0 aliphatic rings. The van der Waals surface area contributed by atoms with Crippen LogP contribution in [0.25, 0.3) is 0 Å². The zero-order chi connectivity index (χ0) is 23.4. The van der Waals surface area contributed by atoms with E-state index in [9.17, 15) is 33.5 Å². The molecule has 0 unspecified atom stereocenters. The zero-order valence-electron chi connectivity index (χ0n) is 16.3. The second kappa shape index (κ2) is 12.7. The van der Waals surface area contributed by atoms with E-state index in [1.165, 1.54) is 6.07 Å². The fraction of sp³-hybridized carbons (Fsp3) is 0.444. The molecule has 1 heterocycles. The first-order valence-electron chi connectivity index (χ1n) is 9.24. The van der Waals surface area contributed by atoms with Crippen molar-refractivity contribution in [1.82, 2.24) is 20.9 Å². The summed E-state index contributed by atoms with van der Waals surface area (Å²) in [6, 6.07) is -1.55. The van der Waals surface area contributed by atoms with Gasteiger partial charge in [0.05, 0.1) is 5.56 Å². The summed E-state index contributed by atoms with van der Waals surface area (Å²) in [6.07, 6.45) is 0.918. The molecule has 2 atom stereocenters. The van der Waals surface area contributed by atoms with Gasteiger partial charge in [-0.1, -0.05) is 0 Å². The highest BCUT2D eigenvalue weighted by atomic mass is 18.2. The van der Waals surface area contributed by atoms with Crippen LogP contribution < -0.4 is 16.0 Å². The number of carboxylic acids is 3. The average molecular weight is 441 g/mol. The van der Waals surface area contributed by atoms with Crippen LogP contribution in [0.15, 0.2) is 18.3 Å². The number of amides is 3. The number of carbonyl (C=O) groups excluding carboxylic acids is 2. The summed E-state index contributed by atoms with van der Waals surface area (Å²) >= 11 is 0. The van der Waals surface area contributed by atoms with E-state index in [2.05, 4.69) is 15.6 Å². The Bertz CT molecular complexity index is 802. The van der Waals surface area contributed by atoms with Crippen molar-refractivity contribution in [2.75, 3.05) is 6.54 Å². The molecule has 12 nitrogen and oxygen atoms in total. The number of urea groups is 1. The Morgan fingerprint density at radius 2 is 1.55 bits per heavy atom. The van der Waals surface area contributed by atoms with Crippen molar-refractivity contribution < 1.29 is 43.7 Å². The van der Waals surface area contributed by atoms with Crippen LogP contribution in [-0.4, -0.2) is 68.8 Å². The minimum Gasteiger partial charge on any atom is -0.481 e. The second-order valence-corrected chi connectivity index (χ2v) is 6.45. The predicted octanol–water partition coefficient (Wildman–Crippen LogP) is 0.191. The highest BCUT2D eigenvalue weighted by Gasteiger charge is 2.24. The summed E-state index contributed by atoms with van der Waals surface area (Å²) in [7, 11) is 0. The molecule has 0 spiro atoms. The monoisotopic (exact) mass is 441 g/mol. The normalized spacial score (nSPS) is 12.3. The van der Waals surface area contributed by atoms with Gasteiger partial charge in [0.25, 0.3) is 5.91 Å². The van der Waals surface area contributed by atoms with Gasteiger partial charge in [0.1, 0.15) is 12.1 Å². The van der Waals surface area contributed by atoms with Crippen LogP contribution in [0, 0.1) is 5.95 Å². The van der Waals surface area contributed by atoms with Gasteiger partial charge < -0.3 is 31.3 Å². The molecule has 31 heavy (non-hydrogen) atoms. The molecule has 13 heteroatoms. The van der Waals surface area contributed by atoms with Crippen molar-refractivity contribution in [3.63, 3.8) is 0 Å². The summed E-state index contributed by atoms with van der Waals surface area (Å²) in [5, 5.41) is 33.5. The molecule has 1 rings (SSSR count). The lowest BCUT2D eigenvalue weighted by atomic mass is 10.1. The second-order valence-electron chi connectivity index (χ2n) is 6.45. The summed E-state index contributed by atoms with van der Waals surface area (Å²) in [6.45, 7) is 0.199. The number of unbranched alkanes of at least 4 members (excludes halogenated alkanes) is 1. The van der Waals surface area contributed by atoms with Gasteiger partial charge in [-0.2, -0.15) is 4.39 Å². The Labute approximate surface area is 175 Å². The number of nitrogens with one attached hydrogen (secondary N) is 3. The molecule has 0 radical (unpaired) electrons. The molecule has 1 aromatic heterocycles. The van der Waals surface area contributed by atoms with Crippen LogP contribution >= 0.6 is 0 Å². The highest BCUT2D eigenvalue weighted by Crippen LogP contribution is 2.04. The molecule has 0 saturated heterocycles. The van der Waals surface area contributed by atoms with Crippen LogP contribution in [0.4, 0.5) is 9.18 Å². The first-order valence-corrected chi connectivity index (χ1v) is 9.24. The molecule has 0 aliphatic carbocycles. The van der Waals surface area contributed by atoms with Gasteiger partial charge in [0.15, 0.2) is 0 Å². The van der Waals surface area contributed by atoms with Crippen molar-refractivity contribution in [2.24, 2.45) is 0 Å². The molecule has 170 valence electrons. The lowest BCUT2D eigenvalue weighted by molar-refractivity contribution is -0.140. The topological polar surface area (TPSA) is 195 Å². The quantitative estimate of drug-likeness (QED) is 0.183. The Morgan fingerprint density at radius 3 is 2.06 bits per heavy atom. The Kier molecular flexibility index (Phi) is 10.4. The van der Waals surface area contributed by atoms with Gasteiger partial charge in [-0.3, -0.25) is 9.59 Å². The molecule has 3 amide bonds.